The van der Waals surface area contributed by atoms with Crippen LogP contribution in [-0.4, -0.2) is 12.1 Å². The zero-order valence-electron chi connectivity index (χ0n) is 7.74. The summed E-state index contributed by atoms with van der Waals surface area (Å²) in [4.78, 5) is 4.08. The van der Waals surface area contributed by atoms with Gasteiger partial charge in [0.15, 0.2) is 0 Å². The van der Waals surface area contributed by atoms with Gasteiger partial charge in [-0.2, -0.15) is 0 Å². The predicted octanol–water partition coefficient (Wildman–Crippen LogP) is 2.55. The average Bonchev–Trinajstić information content (AvgIpc) is 2.19. The van der Waals surface area contributed by atoms with Crippen LogP contribution in [0.2, 0.25) is 0 Å². The Bertz CT molecular complexity index is 437. The van der Waals surface area contributed by atoms with Crippen molar-refractivity contribution in [3.05, 3.63) is 36.2 Å². The van der Waals surface area contributed by atoms with Gasteiger partial charge in [-0.25, -0.2) is 0 Å². The number of pyridine rings is 1. The molecule has 0 spiro atoms. The van der Waals surface area contributed by atoms with Crippen LogP contribution < -0.4 is 4.74 Å². The van der Waals surface area contributed by atoms with E-state index in [0.29, 0.717) is 0 Å². The summed E-state index contributed by atoms with van der Waals surface area (Å²) in [6, 6.07) is 6.04. The fourth-order valence-corrected chi connectivity index (χ4v) is 1.49. The minimum atomic E-state index is 0.883. The maximum Gasteiger partial charge on any atom is 0.128 e. The zero-order valence-corrected chi connectivity index (χ0v) is 7.74. The number of benzene rings is 1. The molecule has 0 radical (unpaired) electrons. The SMILES string of the molecule is COc1ccc(C)c2ccncc12. The number of fused-ring (bicyclic) bond motifs is 1. The maximum atomic E-state index is 5.24. The van der Waals surface area contributed by atoms with E-state index in [4.69, 9.17) is 4.74 Å². The highest BCUT2D eigenvalue weighted by Crippen LogP contribution is 2.26. The lowest BCUT2D eigenvalue weighted by atomic mass is 10.1. The molecule has 66 valence electrons. The van der Waals surface area contributed by atoms with E-state index in [0.717, 1.165) is 11.1 Å². The number of aryl methyl sites for hydroxylation is 1. The standard InChI is InChI=1S/C11H11NO/c1-8-3-4-11(13-2)10-7-12-6-5-9(8)10/h3-7H,1-2H3. The largest absolute Gasteiger partial charge is 0.496 e. The number of nitrogens with zero attached hydrogens (tertiary/aromatic N) is 1. The molecule has 0 saturated heterocycles. The van der Waals surface area contributed by atoms with Crippen LogP contribution in [0.3, 0.4) is 0 Å². The second-order valence-electron chi connectivity index (χ2n) is 3.01. The van der Waals surface area contributed by atoms with Crippen LogP contribution in [0.1, 0.15) is 5.56 Å². The molecule has 0 unspecified atom stereocenters. The molecule has 0 saturated carbocycles. The Hall–Kier alpha value is -1.57. The molecule has 13 heavy (non-hydrogen) atoms. The van der Waals surface area contributed by atoms with Gasteiger partial charge in [0.25, 0.3) is 0 Å². The molecular formula is C11H11NO. The molecule has 0 aliphatic rings. The van der Waals surface area contributed by atoms with E-state index in [1.165, 1.54) is 10.9 Å². The lowest BCUT2D eigenvalue weighted by Gasteiger charge is -2.06. The van der Waals surface area contributed by atoms with Crippen molar-refractivity contribution in [3.63, 3.8) is 0 Å². The first-order valence-electron chi connectivity index (χ1n) is 4.20. The third kappa shape index (κ3) is 1.24. The van der Waals surface area contributed by atoms with Crippen molar-refractivity contribution in [2.24, 2.45) is 0 Å². The monoisotopic (exact) mass is 173 g/mol. The molecule has 0 N–H and O–H groups in total. The van der Waals surface area contributed by atoms with Gasteiger partial charge >= 0.3 is 0 Å². The number of hydrogen-bond donors (Lipinski definition) is 0. The Morgan fingerprint density at radius 3 is 2.77 bits per heavy atom. The van der Waals surface area contributed by atoms with Crippen LogP contribution >= 0.6 is 0 Å². The van der Waals surface area contributed by atoms with E-state index < -0.39 is 0 Å². The summed E-state index contributed by atoms with van der Waals surface area (Å²) >= 11 is 0. The van der Waals surface area contributed by atoms with E-state index in [1.807, 2.05) is 18.3 Å². The zero-order chi connectivity index (χ0) is 9.26. The van der Waals surface area contributed by atoms with E-state index in [1.54, 1.807) is 13.3 Å². The van der Waals surface area contributed by atoms with Crippen molar-refractivity contribution < 1.29 is 4.74 Å². The molecular weight excluding hydrogens is 162 g/mol. The molecule has 2 rings (SSSR count). The highest BCUT2D eigenvalue weighted by atomic mass is 16.5. The first kappa shape index (κ1) is 8.05. The molecule has 1 heterocycles. The van der Waals surface area contributed by atoms with Gasteiger partial charge in [0.2, 0.25) is 0 Å². The van der Waals surface area contributed by atoms with Gasteiger partial charge in [-0.1, -0.05) is 6.07 Å². The Kier molecular flexibility index (Phi) is 1.89. The van der Waals surface area contributed by atoms with Gasteiger partial charge in [-0.3, -0.25) is 4.98 Å². The molecule has 2 heteroatoms. The Morgan fingerprint density at radius 2 is 2.00 bits per heavy atom. The molecule has 0 amide bonds. The molecule has 0 bridgehead atoms. The highest BCUT2D eigenvalue weighted by Gasteiger charge is 2.02. The van der Waals surface area contributed by atoms with E-state index in [9.17, 15) is 0 Å². The normalized spacial score (nSPS) is 10.3. The second kappa shape index (κ2) is 3.05. The fourth-order valence-electron chi connectivity index (χ4n) is 1.49. The van der Waals surface area contributed by atoms with E-state index in [-0.39, 0.29) is 0 Å². The summed E-state index contributed by atoms with van der Waals surface area (Å²) < 4.78 is 5.24. The van der Waals surface area contributed by atoms with Gasteiger partial charge in [0, 0.05) is 17.8 Å². The molecule has 2 nitrogen and oxygen atoms in total. The molecule has 0 fully saturated rings. The van der Waals surface area contributed by atoms with Crippen molar-refractivity contribution in [2.75, 3.05) is 7.11 Å². The Morgan fingerprint density at radius 1 is 1.15 bits per heavy atom. The van der Waals surface area contributed by atoms with Gasteiger partial charge in [0.1, 0.15) is 5.75 Å². The molecule has 0 aliphatic heterocycles. The van der Waals surface area contributed by atoms with Gasteiger partial charge < -0.3 is 4.74 Å². The minimum absolute atomic E-state index is 0.883. The molecule has 1 aromatic carbocycles. The summed E-state index contributed by atoms with van der Waals surface area (Å²) in [6.45, 7) is 2.09. The van der Waals surface area contributed by atoms with Gasteiger partial charge in [-0.15, -0.1) is 0 Å². The summed E-state index contributed by atoms with van der Waals surface area (Å²) in [5.74, 6) is 0.883. The average molecular weight is 173 g/mol. The van der Waals surface area contributed by atoms with Crippen LogP contribution in [0.5, 0.6) is 5.75 Å². The van der Waals surface area contributed by atoms with Crippen molar-refractivity contribution in [2.45, 2.75) is 6.92 Å². The van der Waals surface area contributed by atoms with E-state index >= 15 is 0 Å². The highest BCUT2D eigenvalue weighted by molar-refractivity contribution is 5.90. The minimum Gasteiger partial charge on any atom is -0.496 e. The van der Waals surface area contributed by atoms with Crippen LogP contribution in [0.25, 0.3) is 10.8 Å². The van der Waals surface area contributed by atoms with Crippen molar-refractivity contribution in [1.29, 1.82) is 0 Å². The molecule has 0 atom stereocenters. The third-order valence-corrected chi connectivity index (χ3v) is 2.22. The van der Waals surface area contributed by atoms with Crippen LogP contribution in [0.15, 0.2) is 30.6 Å². The van der Waals surface area contributed by atoms with Gasteiger partial charge in [0.05, 0.1) is 7.11 Å². The molecule has 0 aliphatic carbocycles. The van der Waals surface area contributed by atoms with Crippen molar-refractivity contribution in [3.8, 4) is 5.75 Å². The predicted molar refractivity (Wildman–Crippen MR) is 53.0 cm³/mol. The first-order valence-corrected chi connectivity index (χ1v) is 4.20. The second-order valence-corrected chi connectivity index (χ2v) is 3.01. The van der Waals surface area contributed by atoms with Crippen LogP contribution in [0.4, 0.5) is 0 Å². The quantitative estimate of drug-likeness (QED) is 0.661. The lowest BCUT2D eigenvalue weighted by Crippen LogP contribution is -1.87. The van der Waals surface area contributed by atoms with Crippen LogP contribution in [0, 0.1) is 6.92 Å². The summed E-state index contributed by atoms with van der Waals surface area (Å²) in [5.41, 5.74) is 1.25. The maximum absolute atomic E-state index is 5.24. The Balaban J connectivity index is 2.84. The lowest BCUT2D eigenvalue weighted by molar-refractivity contribution is 0.419. The third-order valence-electron chi connectivity index (χ3n) is 2.22. The summed E-state index contributed by atoms with van der Waals surface area (Å²) in [6.07, 6.45) is 3.63. The van der Waals surface area contributed by atoms with Crippen molar-refractivity contribution >= 4 is 10.8 Å². The number of methoxy groups -OCH3 is 1. The van der Waals surface area contributed by atoms with Crippen LogP contribution in [-0.2, 0) is 0 Å². The Labute approximate surface area is 77.2 Å². The molecule has 2 aromatic rings. The topological polar surface area (TPSA) is 22.1 Å². The number of aromatic nitrogens is 1. The van der Waals surface area contributed by atoms with E-state index in [2.05, 4.69) is 18.0 Å². The van der Waals surface area contributed by atoms with Gasteiger partial charge in [-0.05, 0) is 30.0 Å². The smallest absolute Gasteiger partial charge is 0.128 e. The number of hydrogen-bond acceptors (Lipinski definition) is 2. The summed E-state index contributed by atoms with van der Waals surface area (Å²) in [7, 11) is 1.68. The van der Waals surface area contributed by atoms with Crippen molar-refractivity contribution in [1.82, 2.24) is 4.98 Å². The number of rotatable bonds is 1. The number of ether oxygens (including phenoxy) is 1. The summed E-state index contributed by atoms with van der Waals surface area (Å²) in [5, 5.41) is 2.28. The fraction of sp³-hybridized carbons (Fsp3) is 0.182. The molecule has 1 aromatic heterocycles. The first-order chi connectivity index (χ1) is 6.33.